The van der Waals surface area contributed by atoms with Crippen molar-refractivity contribution in [3.8, 4) is 0 Å². The third-order valence-corrected chi connectivity index (χ3v) is 4.49. The number of fused-ring (bicyclic) bond motifs is 1. The molecular formula is C13H16N6OS. The van der Waals surface area contributed by atoms with Crippen molar-refractivity contribution in [2.75, 3.05) is 6.54 Å². The van der Waals surface area contributed by atoms with E-state index in [1.54, 1.807) is 4.68 Å². The maximum atomic E-state index is 12.2. The SMILES string of the molecule is Cc1sc2nc(Cn3cc(CCN)nn3)[nH]c(=O)c2c1C. The molecule has 8 heteroatoms. The number of aromatic amines is 1. The quantitative estimate of drug-likeness (QED) is 0.740. The van der Waals surface area contributed by atoms with Gasteiger partial charge < -0.3 is 10.7 Å². The van der Waals surface area contributed by atoms with E-state index in [2.05, 4.69) is 20.3 Å². The molecule has 21 heavy (non-hydrogen) atoms. The molecule has 3 rings (SSSR count). The number of hydrogen-bond acceptors (Lipinski definition) is 6. The first-order chi connectivity index (χ1) is 10.1. The van der Waals surface area contributed by atoms with Crippen LogP contribution in [0.25, 0.3) is 10.2 Å². The molecule has 0 saturated heterocycles. The first kappa shape index (κ1) is 13.9. The zero-order valence-corrected chi connectivity index (χ0v) is 12.7. The van der Waals surface area contributed by atoms with Crippen LogP contribution in [-0.4, -0.2) is 31.5 Å². The fourth-order valence-corrected chi connectivity index (χ4v) is 3.25. The van der Waals surface area contributed by atoms with Gasteiger partial charge in [-0.2, -0.15) is 0 Å². The fraction of sp³-hybridized carbons (Fsp3) is 0.385. The molecule has 0 aliphatic rings. The highest BCUT2D eigenvalue weighted by Gasteiger charge is 2.12. The van der Waals surface area contributed by atoms with Gasteiger partial charge in [-0.25, -0.2) is 9.67 Å². The van der Waals surface area contributed by atoms with Gasteiger partial charge in [0.25, 0.3) is 5.56 Å². The van der Waals surface area contributed by atoms with Gasteiger partial charge in [-0.3, -0.25) is 4.79 Å². The molecule has 0 saturated carbocycles. The number of nitrogens with two attached hydrogens (primary N) is 1. The molecule has 0 unspecified atom stereocenters. The fourth-order valence-electron chi connectivity index (χ4n) is 2.21. The molecular weight excluding hydrogens is 288 g/mol. The van der Waals surface area contributed by atoms with E-state index in [0.29, 0.717) is 30.7 Å². The number of nitrogens with one attached hydrogen (secondary N) is 1. The molecule has 110 valence electrons. The van der Waals surface area contributed by atoms with Crippen molar-refractivity contribution in [3.63, 3.8) is 0 Å². The highest BCUT2D eigenvalue weighted by molar-refractivity contribution is 7.18. The van der Waals surface area contributed by atoms with E-state index in [9.17, 15) is 4.79 Å². The first-order valence-electron chi connectivity index (χ1n) is 6.66. The summed E-state index contributed by atoms with van der Waals surface area (Å²) in [6.45, 7) is 4.87. The van der Waals surface area contributed by atoms with Crippen LogP contribution in [0.5, 0.6) is 0 Å². The predicted molar refractivity (Wildman–Crippen MR) is 81.6 cm³/mol. The van der Waals surface area contributed by atoms with Gasteiger partial charge in [0.2, 0.25) is 0 Å². The minimum absolute atomic E-state index is 0.0980. The standard InChI is InChI=1S/C13H16N6OS/c1-7-8(2)21-13-11(7)12(20)15-10(16-13)6-19-5-9(3-4-14)17-18-19/h5H,3-4,6,14H2,1-2H3,(H,15,16,20). The zero-order valence-electron chi connectivity index (χ0n) is 11.9. The molecule has 3 N–H and O–H groups in total. The molecule has 0 aromatic carbocycles. The average molecular weight is 304 g/mol. The van der Waals surface area contributed by atoms with Crippen molar-refractivity contribution in [3.05, 3.63) is 38.5 Å². The molecule has 0 amide bonds. The molecule has 0 spiro atoms. The predicted octanol–water partition coefficient (Wildman–Crippen LogP) is 0.742. The summed E-state index contributed by atoms with van der Waals surface area (Å²) in [7, 11) is 0. The van der Waals surface area contributed by atoms with E-state index in [1.165, 1.54) is 11.3 Å². The molecule has 0 atom stereocenters. The second kappa shape index (κ2) is 5.38. The van der Waals surface area contributed by atoms with Crippen molar-refractivity contribution < 1.29 is 0 Å². The van der Waals surface area contributed by atoms with E-state index < -0.39 is 0 Å². The Morgan fingerprint density at radius 1 is 1.43 bits per heavy atom. The van der Waals surface area contributed by atoms with Gasteiger partial charge in [0, 0.05) is 17.5 Å². The molecule has 0 fully saturated rings. The summed E-state index contributed by atoms with van der Waals surface area (Å²) in [5.74, 6) is 0.581. The number of rotatable bonds is 4. The Hall–Kier alpha value is -2.06. The van der Waals surface area contributed by atoms with E-state index >= 15 is 0 Å². The molecule has 3 aromatic rings. The molecule has 0 aliphatic carbocycles. The van der Waals surface area contributed by atoms with E-state index in [-0.39, 0.29) is 5.56 Å². The van der Waals surface area contributed by atoms with Crippen LogP contribution >= 0.6 is 11.3 Å². The van der Waals surface area contributed by atoms with Gasteiger partial charge in [0.15, 0.2) is 0 Å². The lowest BCUT2D eigenvalue weighted by Crippen LogP contribution is -2.14. The van der Waals surface area contributed by atoms with Crippen LogP contribution in [0.1, 0.15) is 22.0 Å². The number of nitrogens with zero attached hydrogens (tertiary/aromatic N) is 4. The van der Waals surface area contributed by atoms with Crippen LogP contribution in [0.2, 0.25) is 0 Å². The Morgan fingerprint density at radius 3 is 3.00 bits per heavy atom. The van der Waals surface area contributed by atoms with Crippen molar-refractivity contribution in [1.82, 2.24) is 25.0 Å². The number of aromatic nitrogens is 5. The Morgan fingerprint density at radius 2 is 2.24 bits per heavy atom. The minimum atomic E-state index is -0.0980. The average Bonchev–Trinajstić information content (AvgIpc) is 2.96. The van der Waals surface area contributed by atoms with Gasteiger partial charge in [-0.05, 0) is 26.0 Å². The normalized spacial score (nSPS) is 11.4. The summed E-state index contributed by atoms with van der Waals surface area (Å²) in [6.07, 6.45) is 2.51. The number of thiophene rings is 1. The summed E-state index contributed by atoms with van der Waals surface area (Å²) >= 11 is 1.54. The van der Waals surface area contributed by atoms with Gasteiger partial charge in [0.1, 0.15) is 17.2 Å². The zero-order chi connectivity index (χ0) is 15.0. The topological polar surface area (TPSA) is 102 Å². The summed E-state index contributed by atoms with van der Waals surface area (Å²) in [5, 5.41) is 8.72. The Bertz CT molecular complexity index is 846. The van der Waals surface area contributed by atoms with Gasteiger partial charge in [-0.1, -0.05) is 5.21 Å². The lowest BCUT2D eigenvalue weighted by molar-refractivity contribution is 0.625. The summed E-state index contributed by atoms with van der Waals surface area (Å²) < 4.78 is 1.66. The number of aryl methyl sites for hydroxylation is 2. The summed E-state index contributed by atoms with van der Waals surface area (Å²) in [6, 6.07) is 0. The Balaban J connectivity index is 1.95. The van der Waals surface area contributed by atoms with Gasteiger partial charge in [-0.15, -0.1) is 16.4 Å². The van der Waals surface area contributed by atoms with E-state index in [1.807, 2.05) is 20.0 Å². The van der Waals surface area contributed by atoms with Crippen molar-refractivity contribution in [1.29, 1.82) is 0 Å². The van der Waals surface area contributed by atoms with Gasteiger partial charge >= 0.3 is 0 Å². The maximum absolute atomic E-state index is 12.2. The molecule has 3 heterocycles. The monoisotopic (exact) mass is 304 g/mol. The maximum Gasteiger partial charge on any atom is 0.259 e. The first-order valence-corrected chi connectivity index (χ1v) is 7.48. The third kappa shape index (κ3) is 2.59. The smallest absolute Gasteiger partial charge is 0.259 e. The second-order valence-electron chi connectivity index (χ2n) is 4.92. The number of H-pyrrole nitrogens is 1. The minimum Gasteiger partial charge on any atom is -0.330 e. The third-order valence-electron chi connectivity index (χ3n) is 3.39. The van der Waals surface area contributed by atoms with Crippen LogP contribution in [0.3, 0.4) is 0 Å². The van der Waals surface area contributed by atoms with E-state index in [0.717, 1.165) is 21.0 Å². The van der Waals surface area contributed by atoms with Crippen LogP contribution < -0.4 is 11.3 Å². The van der Waals surface area contributed by atoms with E-state index in [4.69, 9.17) is 5.73 Å². The summed E-state index contributed by atoms with van der Waals surface area (Å²) in [5.41, 5.74) is 7.23. The Kier molecular flexibility index (Phi) is 3.56. The second-order valence-corrected chi connectivity index (χ2v) is 6.13. The van der Waals surface area contributed by atoms with Crippen LogP contribution in [0, 0.1) is 13.8 Å². The van der Waals surface area contributed by atoms with Crippen LogP contribution in [0.4, 0.5) is 0 Å². The lowest BCUT2D eigenvalue weighted by Gasteiger charge is -2.00. The largest absolute Gasteiger partial charge is 0.330 e. The highest BCUT2D eigenvalue weighted by atomic mass is 32.1. The Labute approximate surface area is 124 Å². The van der Waals surface area contributed by atoms with Crippen LogP contribution in [0.15, 0.2) is 11.0 Å². The molecule has 0 radical (unpaired) electrons. The van der Waals surface area contributed by atoms with Crippen LogP contribution in [-0.2, 0) is 13.0 Å². The molecule has 0 aliphatic heterocycles. The van der Waals surface area contributed by atoms with Crippen molar-refractivity contribution in [2.45, 2.75) is 26.8 Å². The lowest BCUT2D eigenvalue weighted by atomic mass is 10.2. The number of hydrogen-bond donors (Lipinski definition) is 2. The van der Waals surface area contributed by atoms with Gasteiger partial charge in [0.05, 0.1) is 11.1 Å². The molecule has 7 nitrogen and oxygen atoms in total. The van der Waals surface area contributed by atoms with Crippen molar-refractivity contribution in [2.24, 2.45) is 5.73 Å². The highest BCUT2D eigenvalue weighted by Crippen LogP contribution is 2.25. The molecule has 0 bridgehead atoms. The molecule has 3 aromatic heterocycles. The summed E-state index contributed by atoms with van der Waals surface area (Å²) in [4.78, 5) is 21.4. The van der Waals surface area contributed by atoms with Crippen molar-refractivity contribution >= 4 is 21.6 Å².